The zero-order valence-corrected chi connectivity index (χ0v) is 21.3. The molecule has 0 saturated carbocycles. The van der Waals surface area contributed by atoms with Crippen LogP contribution >= 0.6 is 0 Å². The molecule has 0 aromatic heterocycles. The van der Waals surface area contributed by atoms with Crippen molar-refractivity contribution in [3.8, 4) is 0 Å². The molecule has 0 fully saturated rings. The standard InChI is InChI=1S/C24H23N3O8S2/c1-12-9-14(10-18(13(12)2)36(31,32)26-7-8-28)27-17-11-19(37(33,34)35)22(25)21-20(17)23(29)15-5-3-4-6-16(15)24(21)30/h3-6,9-11,26-28H,7-8,25H2,1-2H3,(H,33,34,35). The van der Waals surface area contributed by atoms with E-state index in [0.717, 1.165) is 6.07 Å². The monoisotopic (exact) mass is 545 g/mol. The summed E-state index contributed by atoms with van der Waals surface area (Å²) < 4.78 is 61.8. The van der Waals surface area contributed by atoms with Crippen molar-refractivity contribution in [2.75, 3.05) is 24.2 Å². The quantitative estimate of drug-likeness (QED) is 0.169. The average Bonchev–Trinajstić information content (AvgIpc) is 2.83. The summed E-state index contributed by atoms with van der Waals surface area (Å²) in [7, 11) is -8.95. The third kappa shape index (κ3) is 4.63. The Hall–Kier alpha value is -3.62. The number of carbonyl (C=O) groups excluding carboxylic acids is 2. The zero-order chi connectivity index (χ0) is 27.3. The number of nitrogens with one attached hydrogen (secondary N) is 2. The number of hydrogen-bond acceptors (Lipinski definition) is 9. The third-order valence-electron chi connectivity index (χ3n) is 6.07. The van der Waals surface area contributed by atoms with E-state index in [1.165, 1.54) is 18.2 Å². The van der Waals surface area contributed by atoms with Gasteiger partial charge in [-0.15, -0.1) is 0 Å². The number of nitrogens with two attached hydrogens (primary N) is 1. The summed E-state index contributed by atoms with van der Waals surface area (Å²) >= 11 is 0. The number of carbonyl (C=O) groups is 2. The van der Waals surface area contributed by atoms with Crippen molar-refractivity contribution in [1.82, 2.24) is 4.72 Å². The van der Waals surface area contributed by atoms with E-state index in [4.69, 9.17) is 10.8 Å². The van der Waals surface area contributed by atoms with E-state index in [0.29, 0.717) is 11.1 Å². The van der Waals surface area contributed by atoms with Gasteiger partial charge in [-0.25, -0.2) is 13.1 Å². The molecule has 4 rings (SSSR count). The van der Waals surface area contributed by atoms with Crippen LogP contribution in [0.15, 0.2) is 52.3 Å². The lowest BCUT2D eigenvalue weighted by molar-refractivity contribution is 0.0980. The Labute approximate surface area is 213 Å². The fourth-order valence-electron chi connectivity index (χ4n) is 4.20. The van der Waals surface area contributed by atoms with Crippen molar-refractivity contribution in [2.45, 2.75) is 23.6 Å². The third-order valence-corrected chi connectivity index (χ3v) is 8.55. The van der Waals surface area contributed by atoms with Crippen molar-refractivity contribution in [3.63, 3.8) is 0 Å². The van der Waals surface area contributed by atoms with Gasteiger partial charge >= 0.3 is 0 Å². The first-order chi connectivity index (χ1) is 17.3. The Morgan fingerprint density at radius 1 is 0.892 bits per heavy atom. The molecular weight excluding hydrogens is 522 g/mol. The summed E-state index contributed by atoms with van der Waals surface area (Å²) in [5.74, 6) is -1.31. The Balaban J connectivity index is 1.96. The van der Waals surface area contributed by atoms with E-state index in [9.17, 15) is 31.0 Å². The first-order valence-corrected chi connectivity index (χ1v) is 13.8. The predicted octanol–water partition coefficient (Wildman–Crippen LogP) is 1.92. The Kier molecular flexibility index (Phi) is 6.69. The van der Waals surface area contributed by atoms with Crippen LogP contribution in [0, 0.1) is 13.8 Å². The van der Waals surface area contributed by atoms with Crippen LogP contribution in [0.1, 0.15) is 43.0 Å². The van der Waals surface area contributed by atoms with Gasteiger partial charge in [-0.05, 0) is 43.2 Å². The maximum absolute atomic E-state index is 13.5. The summed E-state index contributed by atoms with van der Waals surface area (Å²) in [6.45, 7) is 2.62. The molecular formula is C24H23N3O8S2. The first-order valence-electron chi connectivity index (χ1n) is 10.9. The van der Waals surface area contributed by atoms with Crippen molar-refractivity contribution in [2.24, 2.45) is 0 Å². The molecule has 3 aromatic carbocycles. The maximum Gasteiger partial charge on any atom is 0.296 e. The van der Waals surface area contributed by atoms with Gasteiger partial charge < -0.3 is 16.2 Å². The largest absolute Gasteiger partial charge is 0.397 e. The lowest BCUT2D eigenvalue weighted by Crippen LogP contribution is -2.27. The molecule has 0 atom stereocenters. The molecule has 3 aromatic rings. The maximum atomic E-state index is 13.5. The molecule has 0 radical (unpaired) electrons. The van der Waals surface area contributed by atoms with Crippen molar-refractivity contribution in [3.05, 3.63) is 75.8 Å². The van der Waals surface area contributed by atoms with Gasteiger partial charge in [-0.1, -0.05) is 24.3 Å². The minimum Gasteiger partial charge on any atom is -0.397 e. The molecule has 1 aliphatic carbocycles. The second-order valence-corrected chi connectivity index (χ2v) is 11.6. The molecule has 194 valence electrons. The highest BCUT2D eigenvalue weighted by Gasteiger charge is 2.36. The molecule has 6 N–H and O–H groups in total. The van der Waals surface area contributed by atoms with E-state index < -0.39 is 48.9 Å². The Bertz CT molecular complexity index is 1700. The number of sulfonamides is 1. The van der Waals surface area contributed by atoms with E-state index in [1.807, 2.05) is 0 Å². The van der Waals surface area contributed by atoms with Crippen LogP contribution < -0.4 is 15.8 Å². The van der Waals surface area contributed by atoms with Crippen LogP contribution in [0.3, 0.4) is 0 Å². The van der Waals surface area contributed by atoms with Gasteiger partial charge in [0.2, 0.25) is 10.0 Å². The minimum atomic E-state index is -4.91. The number of aliphatic hydroxyl groups excluding tert-OH is 1. The normalized spacial score (nSPS) is 13.3. The highest BCUT2D eigenvalue weighted by Crippen LogP contribution is 2.40. The SMILES string of the molecule is Cc1cc(Nc2cc(S(=O)(=O)O)c(N)c3c2C(=O)c2ccccc2C3=O)cc(S(=O)(=O)NCCO)c1C. The number of aryl methyl sites for hydroxylation is 1. The molecule has 37 heavy (non-hydrogen) atoms. The lowest BCUT2D eigenvalue weighted by Gasteiger charge is -2.24. The zero-order valence-electron chi connectivity index (χ0n) is 19.7. The number of anilines is 3. The molecule has 0 aliphatic heterocycles. The number of benzene rings is 3. The molecule has 13 heteroatoms. The highest BCUT2D eigenvalue weighted by atomic mass is 32.2. The molecule has 0 spiro atoms. The smallest absolute Gasteiger partial charge is 0.296 e. The summed E-state index contributed by atoms with van der Waals surface area (Å²) in [4.78, 5) is 25.9. The summed E-state index contributed by atoms with van der Waals surface area (Å²) in [5, 5.41) is 11.9. The van der Waals surface area contributed by atoms with Gasteiger partial charge in [0.05, 0.1) is 34.0 Å². The fourth-order valence-corrected chi connectivity index (χ4v) is 6.21. The van der Waals surface area contributed by atoms with Gasteiger partial charge in [-0.2, -0.15) is 8.42 Å². The molecule has 0 unspecified atom stereocenters. The first kappa shape index (κ1) is 26.4. The number of ketones is 2. The van der Waals surface area contributed by atoms with E-state index >= 15 is 0 Å². The second-order valence-electron chi connectivity index (χ2n) is 8.43. The van der Waals surface area contributed by atoms with Crippen molar-refractivity contribution >= 4 is 48.8 Å². The topological polar surface area (TPSA) is 193 Å². The van der Waals surface area contributed by atoms with Gasteiger partial charge in [0.1, 0.15) is 4.90 Å². The van der Waals surface area contributed by atoms with Gasteiger partial charge in [0.15, 0.2) is 11.6 Å². The number of fused-ring (bicyclic) bond motifs is 2. The van der Waals surface area contributed by atoms with Crippen LogP contribution in [0.5, 0.6) is 0 Å². The molecule has 0 amide bonds. The summed E-state index contributed by atoms with van der Waals surface area (Å²) in [5.41, 5.74) is 5.87. The highest BCUT2D eigenvalue weighted by molar-refractivity contribution is 7.89. The molecule has 11 nitrogen and oxygen atoms in total. The van der Waals surface area contributed by atoms with Crippen molar-refractivity contribution in [1.29, 1.82) is 0 Å². The number of aliphatic hydroxyl groups is 1. The van der Waals surface area contributed by atoms with Gasteiger partial charge in [-0.3, -0.25) is 14.1 Å². The van der Waals surface area contributed by atoms with E-state index in [-0.39, 0.29) is 45.1 Å². The minimum absolute atomic E-state index is 0.0275. The Morgan fingerprint density at radius 2 is 1.49 bits per heavy atom. The summed E-state index contributed by atoms with van der Waals surface area (Å²) in [6, 6.07) is 9.72. The molecule has 0 saturated heterocycles. The van der Waals surface area contributed by atoms with Crippen LogP contribution in [0.4, 0.5) is 17.1 Å². The number of rotatable bonds is 7. The van der Waals surface area contributed by atoms with Crippen LogP contribution in [-0.2, 0) is 20.1 Å². The van der Waals surface area contributed by atoms with Crippen LogP contribution in [0.2, 0.25) is 0 Å². The molecule has 1 aliphatic rings. The molecule has 0 bridgehead atoms. The molecule has 0 heterocycles. The van der Waals surface area contributed by atoms with Crippen LogP contribution in [-0.4, -0.2) is 51.2 Å². The number of hydrogen-bond donors (Lipinski definition) is 5. The average molecular weight is 546 g/mol. The van der Waals surface area contributed by atoms with Gasteiger partial charge in [0.25, 0.3) is 10.1 Å². The lowest BCUT2D eigenvalue weighted by atomic mass is 9.82. The fraction of sp³-hybridized carbons (Fsp3) is 0.167. The van der Waals surface area contributed by atoms with E-state index in [1.54, 1.807) is 32.0 Å². The Morgan fingerprint density at radius 3 is 2.05 bits per heavy atom. The van der Waals surface area contributed by atoms with Crippen molar-refractivity contribution < 1.29 is 36.1 Å². The second kappa shape index (κ2) is 9.36. The van der Waals surface area contributed by atoms with Crippen LogP contribution in [0.25, 0.3) is 0 Å². The predicted molar refractivity (Wildman–Crippen MR) is 135 cm³/mol. The van der Waals surface area contributed by atoms with E-state index in [2.05, 4.69) is 10.0 Å². The summed E-state index contributed by atoms with van der Waals surface area (Å²) in [6.07, 6.45) is 0. The van der Waals surface area contributed by atoms with Gasteiger partial charge in [0, 0.05) is 23.4 Å². The number of nitrogen functional groups attached to an aromatic ring is 1.